The third-order valence-corrected chi connectivity index (χ3v) is 3.56. The highest BCUT2D eigenvalue weighted by molar-refractivity contribution is 6.36. The summed E-state index contributed by atoms with van der Waals surface area (Å²) in [6.07, 6.45) is 0. The molecule has 0 atom stereocenters. The van der Waals surface area contributed by atoms with E-state index in [0.29, 0.717) is 32.9 Å². The van der Waals surface area contributed by atoms with Crippen LogP contribution in [0.15, 0.2) is 30.3 Å². The van der Waals surface area contributed by atoms with E-state index in [1.165, 1.54) is 6.07 Å². The molecule has 2 aromatic rings. The van der Waals surface area contributed by atoms with Gasteiger partial charge in [-0.1, -0.05) is 46.4 Å². The molecule has 0 aliphatic heterocycles. The largest absolute Gasteiger partial charge is 0.506 e. The van der Waals surface area contributed by atoms with Crippen LogP contribution in [0.2, 0.25) is 20.1 Å². The lowest BCUT2D eigenvalue weighted by Gasteiger charge is -2.11. The third kappa shape index (κ3) is 3.61. The summed E-state index contributed by atoms with van der Waals surface area (Å²) in [5, 5.41) is 14.6. The van der Waals surface area contributed by atoms with Crippen molar-refractivity contribution in [2.45, 2.75) is 6.54 Å². The molecule has 0 spiro atoms. The number of rotatable bonds is 3. The zero-order valence-corrected chi connectivity index (χ0v) is 12.6. The van der Waals surface area contributed by atoms with Crippen molar-refractivity contribution in [2.24, 2.45) is 0 Å². The first-order valence-corrected chi connectivity index (χ1v) is 6.84. The zero-order valence-electron chi connectivity index (χ0n) is 9.55. The number of hydrogen-bond donors (Lipinski definition) is 2. The molecule has 19 heavy (non-hydrogen) atoms. The Morgan fingerprint density at radius 3 is 2.26 bits per heavy atom. The number of phenolic OH excluding ortho intramolecular Hbond substituents is 1. The quantitative estimate of drug-likeness (QED) is 0.762. The van der Waals surface area contributed by atoms with Crippen molar-refractivity contribution >= 4 is 52.1 Å². The lowest BCUT2D eigenvalue weighted by molar-refractivity contribution is 0.469. The summed E-state index contributed by atoms with van der Waals surface area (Å²) in [5.41, 5.74) is 1.30. The molecule has 2 N–H and O–H groups in total. The molecule has 6 heteroatoms. The van der Waals surface area contributed by atoms with Crippen molar-refractivity contribution in [3.05, 3.63) is 56.0 Å². The molecule has 2 rings (SSSR count). The smallest absolute Gasteiger partial charge is 0.139 e. The molecule has 100 valence electrons. The minimum Gasteiger partial charge on any atom is -0.506 e. The number of benzene rings is 2. The fraction of sp³-hybridized carbons (Fsp3) is 0.0769. The van der Waals surface area contributed by atoms with Gasteiger partial charge in [0.05, 0.1) is 15.7 Å². The second-order valence-electron chi connectivity index (χ2n) is 3.87. The fourth-order valence-electron chi connectivity index (χ4n) is 1.58. The van der Waals surface area contributed by atoms with E-state index in [-0.39, 0.29) is 10.8 Å². The number of hydrogen-bond acceptors (Lipinski definition) is 2. The van der Waals surface area contributed by atoms with Crippen molar-refractivity contribution in [3.63, 3.8) is 0 Å². The van der Waals surface area contributed by atoms with E-state index in [0.717, 1.165) is 0 Å². The molecule has 0 bridgehead atoms. The van der Waals surface area contributed by atoms with Gasteiger partial charge in [-0.2, -0.15) is 0 Å². The van der Waals surface area contributed by atoms with Gasteiger partial charge in [0.1, 0.15) is 5.75 Å². The maximum absolute atomic E-state index is 9.83. The van der Waals surface area contributed by atoms with E-state index < -0.39 is 0 Å². The zero-order chi connectivity index (χ0) is 14.0. The van der Waals surface area contributed by atoms with Gasteiger partial charge >= 0.3 is 0 Å². The highest BCUT2D eigenvalue weighted by atomic mass is 35.5. The number of anilines is 1. The topological polar surface area (TPSA) is 32.3 Å². The normalized spacial score (nSPS) is 10.5. The first-order chi connectivity index (χ1) is 8.97. The SMILES string of the molecule is Oc1c(Cl)cc(Cl)cc1CNc1ccc(Cl)cc1Cl. The van der Waals surface area contributed by atoms with E-state index in [4.69, 9.17) is 46.4 Å². The van der Waals surface area contributed by atoms with Crippen LogP contribution in [0.5, 0.6) is 5.75 Å². The minimum absolute atomic E-state index is 0.00338. The lowest BCUT2D eigenvalue weighted by atomic mass is 10.2. The van der Waals surface area contributed by atoms with Crippen LogP contribution in [0.4, 0.5) is 5.69 Å². The minimum atomic E-state index is 0.00338. The van der Waals surface area contributed by atoms with Gasteiger partial charge in [-0.3, -0.25) is 0 Å². The van der Waals surface area contributed by atoms with Gasteiger partial charge in [0.15, 0.2) is 0 Å². The summed E-state index contributed by atoms with van der Waals surface area (Å²) >= 11 is 23.6. The average molecular weight is 337 g/mol. The van der Waals surface area contributed by atoms with E-state index in [2.05, 4.69) is 5.32 Å². The maximum Gasteiger partial charge on any atom is 0.139 e. The number of nitrogens with one attached hydrogen (secondary N) is 1. The summed E-state index contributed by atoms with van der Waals surface area (Å²) < 4.78 is 0. The van der Waals surface area contributed by atoms with Crippen LogP contribution in [-0.2, 0) is 6.54 Å². The second-order valence-corrected chi connectivity index (χ2v) is 5.56. The monoisotopic (exact) mass is 335 g/mol. The standard InChI is InChI=1S/C13H9Cl4NO/c14-8-1-2-12(10(16)4-8)18-6-7-3-9(15)5-11(17)13(7)19/h1-5,18-19H,6H2. The Kier molecular flexibility index (Phi) is 4.69. The van der Waals surface area contributed by atoms with Crippen molar-refractivity contribution in [3.8, 4) is 5.75 Å². The molecule has 0 aliphatic carbocycles. The van der Waals surface area contributed by atoms with Crippen molar-refractivity contribution in [2.75, 3.05) is 5.32 Å². The Balaban J connectivity index is 2.19. The van der Waals surface area contributed by atoms with Crippen LogP contribution in [0.25, 0.3) is 0 Å². The molecule has 0 heterocycles. The summed E-state index contributed by atoms with van der Waals surface area (Å²) in [7, 11) is 0. The van der Waals surface area contributed by atoms with Gasteiger partial charge in [0.2, 0.25) is 0 Å². The highest BCUT2D eigenvalue weighted by Gasteiger charge is 2.08. The van der Waals surface area contributed by atoms with Crippen LogP contribution in [-0.4, -0.2) is 5.11 Å². The molecule has 0 aromatic heterocycles. The fourth-order valence-corrected chi connectivity index (χ4v) is 2.59. The summed E-state index contributed by atoms with van der Waals surface area (Å²) in [5.74, 6) is 0.00338. The van der Waals surface area contributed by atoms with E-state index >= 15 is 0 Å². The highest BCUT2D eigenvalue weighted by Crippen LogP contribution is 2.32. The van der Waals surface area contributed by atoms with Gasteiger partial charge in [0, 0.05) is 22.2 Å². The lowest BCUT2D eigenvalue weighted by Crippen LogP contribution is -2.00. The molecular weight excluding hydrogens is 328 g/mol. The first-order valence-electron chi connectivity index (χ1n) is 5.33. The van der Waals surface area contributed by atoms with Gasteiger partial charge in [-0.15, -0.1) is 0 Å². The van der Waals surface area contributed by atoms with Gasteiger partial charge < -0.3 is 10.4 Å². The molecule has 0 fully saturated rings. The Hall–Kier alpha value is -0.800. The van der Waals surface area contributed by atoms with Crippen LogP contribution in [0.1, 0.15) is 5.56 Å². The van der Waals surface area contributed by atoms with Gasteiger partial charge in [-0.25, -0.2) is 0 Å². The first kappa shape index (κ1) is 14.6. The Bertz CT molecular complexity index is 616. The predicted molar refractivity (Wildman–Crippen MR) is 81.9 cm³/mol. The second kappa shape index (κ2) is 6.10. The summed E-state index contributed by atoms with van der Waals surface area (Å²) in [6.45, 7) is 0.341. The van der Waals surface area contributed by atoms with Crippen LogP contribution in [0.3, 0.4) is 0 Å². The summed E-state index contributed by atoms with van der Waals surface area (Å²) in [6, 6.07) is 8.24. The van der Waals surface area contributed by atoms with E-state index in [1.807, 2.05) is 0 Å². The number of aromatic hydroxyl groups is 1. The molecule has 0 saturated carbocycles. The Labute approximate surface area is 130 Å². The molecule has 0 amide bonds. The Morgan fingerprint density at radius 1 is 0.895 bits per heavy atom. The summed E-state index contributed by atoms with van der Waals surface area (Å²) in [4.78, 5) is 0. The molecular formula is C13H9Cl4NO. The maximum atomic E-state index is 9.83. The van der Waals surface area contributed by atoms with E-state index in [1.54, 1.807) is 24.3 Å². The van der Waals surface area contributed by atoms with Crippen molar-refractivity contribution in [1.29, 1.82) is 0 Å². The number of phenols is 1. The molecule has 0 saturated heterocycles. The van der Waals surface area contributed by atoms with Gasteiger partial charge in [-0.05, 0) is 30.3 Å². The Morgan fingerprint density at radius 2 is 1.58 bits per heavy atom. The van der Waals surface area contributed by atoms with Crippen molar-refractivity contribution < 1.29 is 5.11 Å². The number of halogens is 4. The molecule has 0 unspecified atom stereocenters. The van der Waals surface area contributed by atoms with Crippen LogP contribution >= 0.6 is 46.4 Å². The molecule has 0 aliphatic rings. The predicted octanol–water partition coefficient (Wildman–Crippen LogP) is 5.62. The molecule has 0 radical (unpaired) electrons. The average Bonchev–Trinajstić information content (AvgIpc) is 2.33. The van der Waals surface area contributed by atoms with Crippen molar-refractivity contribution in [1.82, 2.24) is 0 Å². The molecule has 2 aromatic carbocycles. The third-order valence-electron chi connectivity index (χ3n) is 2.51. The van der Waals surface area contributed by atoms with Gasteiger partial charge in [0.25, 0.3) is 0 Å². The molecule has 2 nitrogen and oxygen atoms in total. The van der Waals surface area contributed by atoms with Crippen LogP contribution in [0, 0.1) is 0 Å². The van der Waals surface area contributed by atoms with E-state index in [9.17, 15) is 5.11 Å². The van der Waals surface area contributed by atoms with Crippen LogP contribution < -0.4 is 5.32 Å².